The lowest BCUT2D eigenvalue weighted by Gasteiger charge is -2.05. The van der Waals surface area contributed by atoms with Crippen LogP contribution in [0.3, 0.4) is 0 Å². The van der Waals surface area contributed by atoms with Crippen molar-refractivity contribution in [1.82, 2.24) is 19.9 Å². The molecular formula is C38H30N4. The summed E-state index contributed by atoms with van der Waals surface area (Å²) in [6, 6.07) is 29.5. The lowest BCUT2D eigenvalue weighted by molar-refractivity contribution is 1.15. The predicted molar refractivity (Wildman–Crippen MR) is 178 cm³/mol. The Morgan fingerprint density at radius 2 is 0.881 bits per heavy atom. The molecule has 5 aromatic rings. The predicted octanol–water partition coefficient (Wildman–Crippen LogP) is 9.45. The molecule has 0 spiro atoms. The lowest BCUT2D eigenvalue weighted by Crippen LogP contribution is -1.93. The normalized spacial score (nSPS) is 12.0. The third kappa shape index (κ3) is 4.53. The molecule has 0 unspecified atom stereocenters. The molecule has 7 rings (SSSR count). The molecule has 2 N–H and O–H groups in total. The quantitative estimate of drug-likeness (QED) is 0.206. The van der Waals surface area contributed by atoms with Crippen LogP contribution < -0.4 is 0 Å². The Labute approximate surface area is 245 Å². The Balaban J connectivity index is 1.67. The maximum Gasteiger partial charge on any atom is 0.0737 e. The number of fused-ring (bicyclic) bond motifs is 8. The van der Waals surface area contributed by atoms with E-state index in [2.05, 4.69) is 120 Å². The zero-order valence-electron chi connectivity index (χ0n) is 23.3. The Morgan fingerprint density at radius 1 is 0.476 bits per heavy atom. The second kappa shape index (κ2) is 10.8. The molecule has 0 saturated carbocycles. The van der Waals surface area contributed by atoms with E-state index in [1.165, 1.54) is 0 Å². The molecule has 42 heavy (non-hydrogen) atoms. The Kier molecular flexibility index (Phi) is 6.57. The smallest absolute Gasteiger partial charge is 0.0737 e. The summed E-state index contributed by atoms with van der Waals surface area (Å²) in [6.45, 7) is 8.11. The first-order valence-electron chi connectivity index (χ1n) is 14.2. The van der Waals surface area contributed by atoms with Crippen LogP contribution in [0.1, 0.15) is 33.9 Å². The van der Waals surface area contributed by atoms with Crippen LogP contribution >= 0.6 is 0 Å². The molecule has 3 aromatic heterocycles. The Hall–Kier alpha value is -5.48. The average Bonchev–Trinajstić information content (AvgIpc) is 3.85. The molecule has 2 aliphatic rings. The molecule has 4 nitrogen and oxygen atoms in total. The number of aromatic amines is 2. The molecule has 2 aromatic carbocycles. The van der Waals surface area contributed by atoms with Gasteiger partial charge in [0.25, 0.3) is 0 Å². The topological polar surface area (TPSA) is 57.4 Å². The van der Waals surface area contributed by atoms with Crippen LogP contribution in [0.25, 0.3) is 68.6 Å². The second-order valence-corrected chi connectivity index (χ2v) is 10.4. The number of hydrogen-bond donors (Lipinski definition) is 2. The molecule has 0 saturated heterocycles. The maximum atomic E-state index is 5.19. The number of rotatable bonds is 6. The van der Waals surface area contributed by atoms with Gasteiger partial charge in [-0.05, 0) is 72.5 Å². The van der Waals surface area contributed by atoms with Gasteiger partial charge in [-0.15, -0.1) is 13.2 Å². The van der Waals surface area contributed by atoms with E-state index in [0.29, 0.717) is 12.8 Å². The van der Waals surface area contributed by atoms with Gasteiger partial charge in [0, 0.05) is 44.3 Å². The third-order valence-corrected chi connectivity index (χ3v) is 7.79. The molecule has 0 aliphatic carbocycles. The zero-order valence-corrected chi connectivity index (χ0v) is 23.3. The van der Waals surface area contributed by atoms with Gasteiger partial charge in [-0.3, -0.25) is 0 Å². The summed E-state index contributed by atoms with van der Waals surface area (Å²) < 4.78 is 0. The third-order valence-electron chi connectivity index (χ3n) is 7.79. The van der Waals surface area contributed by atoms with E-state index in [0.717, 1.165) is 78.2 Å². The minimum atomic E-state index is 0.660. The summed E-state index contributed by atoms with van der Waals surface area (Å²) in [7, 11) is 0. The van der Waals surface area contributed by atoms with Crippen LogP contribution in [0.2, 0.25) is 0 Å². The summed E-state index contributed by atoms with van der Waals surface area (Å²) >= 11 is 0. The van der Waals surface area contributed by atoms with Gasteiger partial charge in [-0.2, -0.15) is 0 Å². The Morgan fingerprint density at radius 3 is 1.33 bits per heavy atom. The van der Waals surface area contributed by atoms with Crippen LogP contribution in [0, 0.1) is 0 Å². The van der Waals surface area contributed by atoms with Gasteiger partial charge in [-0.25, -0.2) is 9.97 Å². The lowest BCUT2D eigenvalue weighted by atomic mass is 10.0. The van der Waals surface area contributed by atoms with Crippen LogP contribution in [0.15, 0.2) is 110 Å². The molecule has 0 radical (unpaired) electrons. The number of hydrogen-bond acceptors (Lipinski definition) is 2. The standard InChI is InChI=1S/C38H30N4/c1-3-11-27-29-17-21-33(39-29)37(25-13-7-5-8-14-25)35-23-19-31(41-35)28(12-4-2)32-20-24-36(42-32)38(26-15-9-6-10-16-26)34-22-18-30(27)40-34/h3-10,13-24,39-40H,1-2,11-12H2. The summed E-state index contributed by atoms with van der Waals surface area (Å²) in [4.78, 5) is 17.8. The van der Waals surface area contributed by atoms with E-state index in [9.17, 15) is 0 Å². The average molecular weight is 543 g/mol. The zero-order chi connectivity index (χ0) is 28.5. The van der Waals surface area contributed by atoms with E-state index in [-0.39, 0.29) is 0 Å². The molecule has 4 heteroatoms. The first-order valence-corrected chi connectivity index (χ1v) is 14.2. The largest absolute Gasteiger partial charge is 0.355 e. The van der Waals surface area contributed by atoms with Gasteiger partial charge in [0.2, 0.25) is 0 Å². The highest BCUT2D eigenvalue weighted by Gasteiger charge is 2.17. The van der Waals surface area contributed by atoms with Crippen molar-refractivity contribution < 1.29 is 0 Å². The fraction of sp³-hybridized carbons (Fsp3) is 0.0526. The molecule has 0 atom stereocenters. The molecule has 2 aliphatic heterocycles. The van der Waals surface area contributed by atoms with E-state index < -0.39 is 0 Å². The molecule has 5 heterocycles. The number of allylic oxidation sites excluding steroid dienone is 2. The first kappa shape index (κ1) is 25.5. The highest BCUT2D eigenvalue weighted by molar-refractivity contribution is 5.94. The number of benzene rings is 2. The summed E-state index contributed by atoms with van der Waals surface area (Å²) in [5, 5.41) is 0. The van der Waals surface area contributed by atoms with Crippen LogP contribution in [-0.2, 0) is 12.8 Å². The van der Waals surface area contributed by atoms with Crippen molar-refractivity contribution in [2.45, 2.75) is 12.8 Å². The molecular weight excluding hydrogens is 512 g/mol. The van der Waals surface area contributed by atoms with Gasteiger partial charge in [-0.1, -0.05) is 72.8 Å². The van der Waals surface area contributed by atoms with Crippen LogP contribution in [-0.4, -0.2) is 19.9 Å². The van der Waals surface area contributed by atoms with Gasteiger partial charge in [0.05, 0.1) is 22.8 Å². The number of H-pyrrole nitrogens is 2. The molecule has 0 fully saturated rings. The van der Waals surface area contributed by atoms with Gasteiger partial charge in [0.1, 0.15) is 0 Å². The number of aromatic nitrogens is 4. The van der Waals surface area contributed by atoms with Crippen molar-refractivity contribution in [3.8, 4) is 22.3 Å². The second-order valence-electron chi connectivity index (χ2n) is 10.4. The van der Waals surface area contributed by atoms with Crippen LogP contribution in [0.5, 0.6) is 0 Å². The van der Waals surface area contributed by atoms with Crippen molar-refractivity contribution in [2.75, 3.05) is 0 Å². The van der Waals surface area contributed by atoms with Crippen molar-refractivity contribution in [1.29, 1.82) is 0 Å². The Bertz CT molecular complexity index is 1920. The molecule has 8 bridgehead atoms. The van der Waals surface area contributed by atoms with E-state index in [4.69, 9.17) is 9.97 Å². The van der Waals surface area contributed by atoms with Crippen molar-refractivity contribution in [3.05, 3.63) is 144 Å². The monoisotopic (exact) mass is 542 g/mol. The molecule has 0 amide bonds. The van der Waals surface area contributed by atoms with Gasteiger partial charge >= 0.3 is 0 Å². The number of nitrogens with one attached hydrogen (secondary N) is 2. The van der Waals surface area contributed by atoms with Crippen molar-refractivity contribution >= 4 is 46.4 Å². The van der Waals surface area contributed by atoms with Crippen molar-refractivity contribution in [3.63, 3.8) is 0 Å². The SMILES string of the molecule is C=CCc1c2nc(c(-c3ccccc3)c3ccc([nH]3)c(CC=C)c3ccc([nH]3)c(-c3ccccc3)c3nc1C=C3)C=C2. The fourth-order valence-corrected chi connectivity index (χ4v) is 5.86. The minimum absolute atomic E-state index is 0.660. The summed E-state index contributed by atoms with van der Waals surface area (Å²) in [6.07, 6.45) is 13.7. The summed E-state index contributed by atoms with van der Waals surface area (Å²) in [5.74, 6) is 0. The van der Waals surface area contributed by atoms with E-state index >= 15 is 0 Å². The van der Waals surface area contributed by atoms with Crippen LogP contribution in [0.4, 0.5) is 0 Å². The van der Waals surface area contributed by atoms with Gasteiger partial charge in [0.15, 0.2) is 0 Å². The van der Waals surface area contributed by atoms with E-state index in [1.54, 1.807) is 0 Å². The minimum Gasteiger partial charge on any atom is -0.355 e. The highest BCUT2D eigenvalue weighted by atomic mass is 14.8. The number of nitrogens with zero attached hydrogens (tertiary/aromatic N) is 2. The van der Waals surface area contributed by atoms with Gasteiger partial charge < -0.3 is 9.97 Å². The summed E-state index contributed by atoms with van der Waals surface area (Å²) in [5.41, 5.74) is 14.2. The molecule has 202 valence electrons. The van der Waals surface area contributed by atoms with Crippen molar-refractivity contribution in [2.24, 2.45) is 0 Å². The highest BCUT2D eigenvalue weighted by Crippen LogP contribution is 2.34. The first-order chi connectivity index (χ1) is 20.7. The maximum absolute atomic E-state index is 5.19. The fourth-order valence-electron chi connectivity index (χ4n) is 5.86. The van der Waals surface area contributed by atoms with E-state index in [1.807, 2.05) is 24.3 Å².